The first kappa shape index (κ1) is 17.1. The molecule has 2 aliphatic rings. The van der Waals surface area contributed by atoms with E-state index in [2.05, 4.69) is 5.32 Å². The van der Waals surface area contributed by atoms with Crippen LogP contribution in [0.5, 0.6) is 11.5 Å². The number of Topliss-reactive ketones (excluding diaryl/α,β-unsaturated/α-hetero) is 1. The normalized spacial score (nSPS) is 21.1. The van der Waals surface area contributed by atoms with Crippen LogP contribution in [0, 0.1) is 0 Å². The van der Waals surface area contributed by atoms with Crippen LogP contribution in [0.2, 0.25) is 0 Å². The van der Waals surface area contributed by atoms with Gasteiger partial charge in [0, 0.05) is 5.56 Å². The van der Waals surface area contributed by atoms with Gasteiger partial charge in [0.1, 0.15) is 18.8 Å². The Morgan fingerprint density at radius 1 is 1.07 bits per heavy atom. The minimum absolute atomic E-state index is 0.341. The van der Waals surface area contributed by atoms with Crippen molar-refractivity contribution >= 4 is 17.7 Å². The predicted octanol–water partition coefficient (Wildman–Crippen LogP) is 2.11. The number of amides is 3. The Morgan fingerprint density at radius 3 is 2.52 bits per heavy atom. The lowest BCUT2D eigenvalue weighted by Crippen LogP contribution is -2.41. The van der Waals surface area contributed by atoms with Crippen molar-refractivity contribution in [2.45, 2.75) is 12.5 Å². The van der Waals surface area contributed by atoms with Crippen LogP contribution in [-0.4, -0.2) is 42.4 Å². The van der Waals surface area contributed by atoms with Gasteiger partial charge in [0.2, 0.25) is 0 Å². The van der Waals surface area contributed by atoms with Gasteiger partial charge in [-0.2, -0.15) is 0 Å². The number of urea groups is 1. The van der Waals surface area contributed by atoms with Crippen LogP contribution >= 0.6 is 0 Å². The summed E-state index contributed by atoms with van der Waals surface area (Å²) in [5, 5.41) is 2.69. The highest BCUT2D eigenvalue weighted by molar-refractivity contribution is 6.11. The third-order valence-electron chi connectivity index (χ3n) is 4.79. The average Bonchev–Trinajstić information content (AvgIpc) is 2.92. The van der Waals surface area contributed by atoms with Crippen LogP contribution in [0.3, 0.4) is 0 Å². The fourth-order valence-corrected chi connectivity index (χ4v) is 3.26. The van der Waals surface area contributed by atoms with Gasteiger partial charge >= 0.3 is 6.03 Å². The maximum Gasteiger partial charge on any atom is 0.325 e. The topological polar surface area (TPSA) is 84.9 Å². The lowest BCUT2D eigenvalue weighted by atomic mass is 9.92. The van der Waals surface area contributed by atoms with Crippen LogP contribution < -0.4 is 14.8 Å². The van der Waals surface area contributed by atoms with Gasteiger partial charge in [0.25, 0.3) is 5.91 Å². The van der Waals surface area contributed by atoms with Crippen molar-refractivity contribution < 1.29 is 23.9 Å². The quantitative estimate of drug-likeness (QED) is 0.662. The minimum atomic E-state index is -1.19. The number of hydrogen-bond acceptors (Lipinski definition) is 5. The Kier molecular flexibility index (Phi) is 4.07. The minimum Gasteiger partial charge on any atom is -0.486 e. The number of ketones is 1. The summed E-state index contributed by atoms with van der Waals surface area (Å²) in [6.07, 6.45) is 0. The summed E-state index contributed by atoms with van der Waals surface area (Å²) in [5.74, 6) is 0.250. The van der Waals surface area contributed by atoms with E-state index in [4.69, 9.17) is 9.47 Å². The maximum atomic E-state index is 12.9. The first-order chi connectivity index (χ1) is 13.0. The SMILES string of the molecule is CC1(c2ccccc2)NC(=O)N(CC(=O)c2ccc3c(c2)OCCO3)C1=O. The zero-order valence-electron chi connectivity index (χ0n) is 14.7. The number of imide groups is 1. The lowest BCUT2D eigenvalue weighted by molar-refractivity contribution is -0.130. The van der Waals surface area contributed by atoms with Gasteiger partial charge < -0.3 is 14.8 Å². The summed E-state index contributed by atoms with van der Waals surface area (Å²) < 4.78 is 10.9. The lowest BCUT2D eigenvalue weighted by Gasteiger charge is -2.22. The van der Waals surface area contributed by atoms with Crippen molar-refractivity contribution in [1.29, 1.82) is 0 Å². The Bertz CT molecular complexity index is 927. The number of nitrogens with zero attached hydrogens (tertiary/aromatic N) is 1. The molecule has 1 fully saturated rings. The molecule has 0 radical (unpaired) electrons. The standard InChI is InChI=1S/C20H18N2O5/c1-20(14-5-3-2-4-6-14)18(24)22(19(25)21-20)12-15(23)13-7-8-16-17(11-13)27-10-9-26-16/h2-8,11H,9-10,12H2,1H3,(H,21,25). The van der Waals surface area contributed by atoms with Crippen LogP contribution in [0.1, 0.15) is 22.8 Å². The van der Waals surface area contributed by atoms with Crippen LogP contribution in [0.15, 0.2) is 48.5 Å². The summed E-state index contributed by atoms with van der Waals surface area (Å²) >= 11 is 0. The van der Waals surface area contributed by atoms with E-state index in [0.717, 1.165) is 4.90 Å². The van der Waals surface area contributed by atoms with Crippen LogP contribution in [0.25, 0.3) is 0 Å². The molecular formula is C20H18N2O5. The second-order valence-electron chi connectivity index (χ2n) is 6.59. The van der Waals surface area contributed by atoms with Gasteiger partial charge in [0.05, 0.1) is 6.54 Å². The average molecular weight is 366 g/mol. The molecule has 2 aliphatic heterocycles. The molecular weight excluding hydrogens is 348 g/mol. The van der Waals surface area contributed by atoms with Crippen LogP contribution in [-0.2, 0) is 10.3 Å². The number of fused-ring (bicyclic) bond motifs is 1. The molecule has 0 saturated carbocycles. The number of nitrogens with one attached hydrogen (secondary N) is 1. The van der Waals surface area contributed by atoms with E-state index in [1.54, 1.807) is 49.4 Å². The van der Waals surface area contributed by atoms with Gasteiger partial charge in [0.15, 0.2) is 17.3 Å². The van der Waals surface area contributed by atoms with E-state index >= 15 is 0 Å². The third-order valence-corrected chi connectivity index (χ3v) is 4.79. The van der Waals surface area contributed by atoms with Gasteiger partial charge in [-0.3, -0.25) is 14.5 Å². The number of benzene rings is 2. The van der Waals surface area contributed by atoms with E-state index in [1.807, 2.05) is 6.07 Å². The Morgan fingerprint density at radius 2 is 1.78 bits per heavy atom. The molecule has 4 rings (SSSR count). The predicted molar refractivity (Wildman–Crippen MR) is 95.8 cm³/mol. The summed E-state index contributed by atoms with van der Waals surface area (Å²) in [6, 6.07) is 13.2. The summed E-state index contributed by atoms with van der Waals surface area (Å²) in [6.45, 7) is 2.16. The van der Waals surface area contributed by atoms with Gasteiger partial charge in [-0.15, -0.1) is 0 Å². The molecule has 0 bridgehead atoms. The van der Waals surface area contributed by atoms with Crippen molar-refractivity contribution in [3.8, 4) is 11.5 Å². The molecule has 1 unspecified atom stereocenters. The van der Waals surface area contributed by atoms with E-state index in [1.165, 1.54) is 0 Å². The molecule has 2 aromatic rings. The number of ether oxygens (including phenoxy) is 2. The molecule has 2 heterocycles. The van der Waals surface area contributed by atoms with Crippen molar-refractivity contribution in [2.24, 2.45) is 0 Å². The first-order valence-electron chi connectivity index (χ1n) is 8.61. The summed E-state index contributed by atoms with van der Waals surface area (Å²) in [5.41, 5.74) is -0.170. The zero-order valence-corrected chi connectivity index (χ0v) is 14.7. The summed E-state index contributed by atoms with van der Waals surface area (Å²) in [7, 11) is 0. The molecule has 7 heteroatoms. The molecule has 27 heavy (non-hydrogen) atoms. The summed E-state index contributed by atoms with van der Waals surface area (Å²) in [4.78, 5) is 38.9. The molecule has 0 spiro atoms. The third kappa shape index (κ3) is 2.91. The molecule has 2 aromatic carbocycles. The molecule has 7 nitrogen and oxygen atoms in total. The molecule has 1 atom stereocenters. The van der Waals surface area contributed by atoms with E-state index in [-0.39, 0.29) is 12.3 Å². The van der Waals surface area contributed by atoms with Crippen molar-refractivity contribution in [1.82, 2.24) is 10.2 Å². The van der Waals surface area contributed by atoms with Crippen molar-refractivity contribution in [3.63, 3.8) is 0 Å². The highest BCUT2D eigenvalue weighted by Gasteiger charge is 2.49. The smallest absolute Gasteiger partial charge is 0.325 e. The fourth-order valence-electron chi connectivity index (χ4n) is 3.26. The maximum absolute atomic E-state index is 12.9. The molecule has 1 saturated heterocycles. The van der Waals surface area contributed by atoms with E-state index in [0.29, 0.717) is 35.8 Å². The van der Waals surface area contributed by atoms with E-state index < -0.39 is 17.5 Å². The second-order valence-corrected chi connectivity index (χ2v) is 6.59. The Labute approximate surface area is 155 Å². The monoisotopic (exact) mass is 366 g/mol. The Balaban J connectivity index is 1.55. The molecule has 0 aromatic heterocycles. The van der Waals surface area contributed by atoms with Crippen molar-refractivity contribution in [3.05, 3.63) is 59.7 Å². The van der Waals surface area contributed by atoms with Gasteiger partial charge in [-0.05, 0) is 30.7 Å². The van der Waals surface area contributed by atoms with Gasteiger partial charge in [-0.25, -0.2) is 4.79 Å². The molecule has 3 amide bonds. The first-order valence-corrected chi connectivity index (χ1v) is 8.61. The zero-order chi connectivity index (χ0) is 19.0. The number of hydrogen-bond donors (Lipinski definition) is 1. The van der Waals surface area contributed by atoms with Gasteiger partial charge in [-0.1, -0.05) is 30.3 Å². The second kappa shape index (κ2) is 6.42. The molecule has 138 valence electrons. The highest BCUT2D eigenvalue weighted by atomic mass is 16.6. The van der Waals surface area contributed by atoms with Crippen molar-refractivity contribution in [2.75, 3.05) is 19.8 Å². The molecule has 1 N–H and O–H groups in total. The van der Waals surface area contributed by atoms with Crippen LogP contribution in [0.4, 0.5) is 4.79 Å². The number of carbonyl (C=O) groups excluding carboxylic acids is 3. The highest BCUT2D eigenvalue weighted by Crippen LogP contribution is 2.32. The Hall–Kier alpha value is -3.35. The molecule has 0 aliphatic carbocycles. The number of carbonyl (C=O) groups is 3. The number of rotatable bonds is 4. The van der Waals surface area contributed by atoms with E-state index in [9.17, 15) is 14.4 Å². The largest absolute Gasteiger partial charge is 0.486 e. The fraction of sp³-hybridized carbons (Fsp3) is 0.250.